The average Bonchev–Trinajstić information content (AvgIpc) is 2.25. The molecule has 0 saturated carbocycles. The molecule has 94 valence electrons. The Balaban J connectivity index is 2.39. The SMILES string of the molecule is CC(C)(C)CC(=O)NCC(Br)c1ccccc1. The van der Waals surface area contributed by atoms with E-state index >= 15 is 0 Å². The van der Waals surface area contributed by atoms with Crippen LogP contribution in [0.5, 0.6) is 0 Å². The predicted molar refractivity (Wildman–Crippen MR) is 75.2 cm³/mol. The molecule has 0 fully saturated rings. The second kappa shape index (κ2) is 6.20. The molecule has 1 amide bonds. The molecule has 0 aliphatic carbocycles. The van der Waals surface area contributed by atoms with E-state index in [2.05, 4.69) is 54.2 Å². The molecule has 0 saturated heterocycles. The number of rotatable bonds is 4. The highest BCUT2D eigenvalue weighted by atomic mass is 79.9. The lowest BCUT2D eigenvalue weighted by atomic mass is 9.92. The monoisotopic (exact) mass is 297 g/mol. The van der Waals surface area contributed by atoms with E-state index in [-0.39, 0.29) is 16.1 Å². The number of hydrogen-bond donors (Lipinski definition) is 1. The second-order valence-corrected chi connectivity index (χ2v) is 6.53. The van der Waals surface area contributed by atoms with Crippen molar-refractivity contribution in [1.82, 2.24) is 5.32 Å². The van der Waals surface area contributed by atoms with Gasteiger partial charge in [0.25, 0.3) is 0 Å². The van der Waals surface area contributed by atoms with Crippen LogP contribution in [-0.2, 0) is 4.79 Å². The van der Waals surface area contributed by atoms with Crippen LogP contribution in [-0.4, -0.2) is 12.5 Å². The van der Waals surface area contributed by atoms with Crippen LogP contribution in [0.25, 0.3) is 0 Å². The maximum Gasteiger partial charge on any atom is 0.220 e. The van der Waals surface area contributed by atoms with E-state index in [0.29, 0.717) is 13.0 Å². The Morgan fingerprint density at radius 2 is 1.88 bits per heavy atom. The fourth-order valence-electron chi connectivity index (χ4n) is 1.53. The van der Waals surface area contributed by atoms with Crippen LogP contribution in [0.15, 0.2) is 30.3 Å². The number of nitrogens with one attached hydrogen (secondary N) is 1. The molecule has 1 aromatic carbocycles. The van der Waals surface area contributed by atoms with Crippen molar-refractivity contribution < 1.29 is 4.79 Å². The molecule has 1 rings (SSSR count). The Labute approximate surface area is 112 Å². The predicted octanol–water partition coefficient (Wildman–Crippen LogP) is 3.68. The molecule has 1 unspecified atom stereocenters. The summed E-state index contributed by atoms with van der Waals surface area (Å²) in [5.74, 6) is 0.109. The molecule has 2 nitrogen and oxygen atoms in total. The summed E-state index contributed by atoms with van der Waals surface area (Å²) in [7, 11) is 0. The number of amides is 1. The van der Waals surface area contributed by atoms with Crippen molar-refractivity contribution >= 4 is 21.8 Å². The Kier molecular flexibility index (Phi) is 5.19. The maximum atomic E-state index is 11.7. The molecule has 1 N–H and O–H groups in total. The topological polar surface area (TPSA) is 29.1 Å². The van der Waals surface area contributed by atoms with Gasteiger partial charge in [0.15, 0.2) is 0 Å². The minimum absolute atomic E-state index is 0.0403. The highest BCUT2D eigenvalue weighted by Crippen LogP contribution is 2.22. The molecule has 0 aromatic heterocycles. The van der Waals surface area contributed by atoms with Gasteiger partial charge < -0.3 is 5.32 Å². The molecule has 0 spiro atoms. The second-order valence-electron chi connectivity index (χ2n) is 5.42. The van der Waals surface area contributed by atoms with Crippen LogP contribution in [0.4, 0.5) is 0 Å². The van der Waals surface area contributed by atoms with Crippen LogP contribution in [0.2, 0.25) is 0 Å². The minimum atomic E-state index is 0.0403. The third-order valence-electron chi connectivity index (χ3n) is 2.33. The van der Waals surface area contributed by atoms with E-state index < -0.39 is 0 Å². The third-order valence-corrected chi connectivity index (χ3v) is 3.18. The summed E-state index contributed by atoms with van der Waals surface area (Å²) in [6.45, 7) is 6.82. The van der Waals surface area contributed by atoms with Gasteiger partial charge in [0.2, 0.25) is 5.91 Å². The number of carbonyl (C=O) groups is 1. The van der Waals surface area contributed by atoms with Crippen molar-refractivity contribution in [2.75, 3.05) is 6.54 Å². The van der Waals surface area contributed by atoms with Gasteiger partial charge in [-0.3, -0.25) is 4.79 Å². The highest BCUT2D eigenvalue weighted by molar-refractivity contribution is 9.09. The van der Waals surface area contributed by atoms with Gasteiger partial charge in [-0.1, -0.05) is 67.0 Å². The Morgan fingerprint density at radius 3 is 2.41 bits per heavy atom. The first-order chi connectivity index (χ1) is 7.88. The zero-order valence-corrected chi connectivity index (χ0v) is 12.3. The summed E-state index contributed by atoms with van der Waals surface area (Å²) in [4.78, 5) is 11.8. The molecule has 0 heterocycles. The molecular weight excluding hydrogens is 278 g/mol. The third kappa shape index (κ3) is 5.87. The summed E-state index contributed by atoms with van der Waals surface area (Å²) in [5.41, 5.74) is 1.22. The summed E-state index contributed by atoms with van der Waals surface area (Å²) in [6, 6.07) is 10.1. The van der Waals surface area contributed by atoms with Crippen LogP contribution >= 0.6 is 15.9 Å². The summed E-state index contributed by atoms with van der Waals surface area (Å²) < 4.78 is 0. The van der Waals surface area contributed by atoms with Gasteiger partial charge in [-0.05, 0) is 11.0 Å². The van der Waals surface area contributed by atoms with Crippen molar-refractivity contribution in [3.8, 4) is 0 Å². The molecule has 1 atom stereocenters. The van der Waals surface area contributed by atoms with E-state index in [9.17, 15) is 4.79 Å². The Bertz CT molecular complexity index is 356. The lowest BCUT2D eigenvalue weighted by molar-refractivity contribution is -0.122. The fourth-order valence-corrected chi connectivity index (χ4v) is 1.99. The minimum Gasteiger partial charge on any atom is -0.355 e. The van der Waals surface area contributed by atoms with E-state index in [0.717, 1.165) is 0 Å². The smallest absolute Gasteiger partial charge is 0.220 e. The quantitative estimate of drug-likeness (QED) is 0.844. The highest BCUT2D eigenvalue weighted by Gasteiger charge is 2.16. The molecular formula is C14H20BrNO. The zero-order valence-electron chi connectivity index (χ0n) is 10.7. The van der Waals surface area contributed by atoms with E-state index in [1.165, 1.54) is 5.56 Å². The van der Waals surface area contributed by atoms with Gasteiger partial charge in [0, 0.05) is 13.0 Å². The molecule has 0 bridgehead atoms. The Morgan fingerprint density at radius 1 is 1.29 bits per heavy atom. The maximum absolute atomic E-state index is 11.7. The first-order valence-corrected chi connectivity index (χ1v) is 6.76. The average molecular weight is 298 g/mol. The molecule has 1 aromatic rings. The van der Waals surface area contributed by atoms with E-state index in [4.69, 9.17) is 0 Å². The fraction of sp³-hybridized carbons (Fsp3) is 0.500. The largest absolute Gasteiger partial charge is 0.355 e. The summed E-state index contributed by atoms with van der Waals surface area (Å²) >= 11 is 3.58. The van der Waals surface area contributed by atoms with Gasteiger partial charge in [-0.25, -0.2) is 0 Å². The summed E-state index contributed by atoms with van der Waals surface area (Å²) in [5, 5.41) is 2.95. The first kappa shape index (κ1) is 14.2. The van der Waals surface area contributed by atoms with Crippen LogP contribution < -0.4 is 5.32 Å². The number of carbonyl (C=O) groups excluding carboxylic acids is 1. The van der Waals surface area contributed by atoms with Crippen LogP contribution in [0.3, 0.4) is 0 Å². The van der Waals surface area contributed by atoms with Gasteiger partial charge >= 0.3 is 0 Å². The van der Waals surface area contributed by atoms with Crippen molar-refractivity contribution in [2.24, 2.45) is 5.41 Å². The molecule has 3 heteroatoms. The zero-order chi connectivity index (χ0) is 12.9. The molecule has 0 radical (unpaired) electrons. The van der Waals surface area contributed by atoms with Gasteiger partial charge in [0.05, 0.1) is 4.83 Å². The van der Waals surface area contributed by atoms with Crippen molar-refractivity contribution in [3.63, 3.8) is 0 Å². The number of halogens is 1. The lowest BCUT2D eigenvalue weighted by Crippen LogP contribution is -2.29. The van der Waals surface area contributed by atoms with E-state index in [1.807, 2.05) is 18.2 Å². The van der Waals surface area contributed by atoms with Crippen molar-refractivity contribution in [2.45, 2.75) is 32.0 Å². The normalized spacial score (nSPS) is 13.2. The molecule has 0 aliphatic rings. The van der Waals surface area contributed by atoms with Crippen molar-refractivity contribution in [1.29, 1.82) is 0 Å². The van der Waals surface area contributed by atoms with E-state index in [1.54, 1.807) is 0 Å². The first-order valence-electron chi connectivity index (χ1n) is 5.84. The number of alkyl halides is 1. The standard InChI is InChI=1S/C14H20BrNO/c1-14(2,3)9-13(17)16-10-12(15)11-7-5-4-6-8-11/h4-8,12H,9-10H2,1-3H3,(H,16,17). The number of benzene rings is 1. The Hall–Kier alpha value is -0.830. The lowest BCUT2D eigenvalue weighted by Gasteiger charge is -2.18. The van der Waals surface area contributed by atoms with Crippen LogP contribution in [0.1, 0.15) is 37.6 Å². The van der Waals surface area contributed by atoms with Gasteiger partial charge in [-0.15, -0.1) is 0 Å². The van der Waals surface area contributed by atoms with Gasteiger partial charge in [0.1, 0.15) is 0 Å². The van der Waals surface area contributed by atoms with Gasteiger partial charge in [-0.2, -0.15) is 0 Å². The van der Waals surface area contributed by atoms with Crippen LogP contribution in [0, 0.1) is 5.41 Å². The van der Waals surface area contributed by atoms with Crippen molar-refractivity contribution in [3.05, 3.63) is 35.9 Å². The molecule has 17 heavy (non-hydrogen) atoms. The molecule has 0 aliphatic heterocycles. The number of hydrogen-bond acceptors (Lipinski definition) is 1. The summed E-state index contributed by atoms with van der Waals surface area (Å²) in [6.07, 6.45) is 0.557.